The Balaban J connectivity index is 1.80. The minimum Gasteiger partial charge on any atom is -0.507 e. The standard InChI is InChI=1S/C20H23FN4O3/c1-20(2,3)28-19(27)24(4)10-9-18-23-22-17-8-5-13(12-25(17)18)15-7-6-14(21)11-16(15)26/h5-8,11-12,26H,9-10H2,1-4H3. The summed E-state index contributed by atoms with van der Waals surface area (Å²) in [5, 5.41) is 18.3. The van der Waals surface area contributed by atoms with Crippen LogP contribution in [0.25, 0.3) is 16.8 Å². The van der Waals surface area contributed by atoms with E-state index in [0.717, 1.165) is 6.07 Å². The second kappa shape index (κ2) is 7.46. The summed E-state index contributed by atoms with van der Waals surface area (Å²) in [6.45, 7) is 5.85. The molecule has 28 heavy (non-hydrogen) atoms. The van der Waals surface area contributed by atoms with Gasteiger partial charge in [0.1, 0.15) is 23.0 Å². The summed E-state index contributed by atoms with van der Waals surface area (Å²) in [6.07, 6.45) is 1.85. The van der Waals surface area contributed by atoms with Crippen LogP contribution >= 0.6 is 0 Å². The van der Waals surface area contributed by atoms with Gasteiger partial charge in [0.25, 0.3) is 0 Å². The van der Waals surface area contributed by atoms with Crippen molar-refractivity contribution in [1.82, 2.24) is 19.5 Å². The maximum Gasteiger partial charge on any atom is 0.410 e. The highest BCUT2D eigenvalue weighted by atomic mass is 19.1. The number of hydrogen-bond donors (Lipinski definition) is 1. The fourth-order valence-corrected chi connectivity index (χ4v) is 2.72. The van der Waals surface area contributed by atoms with Crippen molar-refractivity contribution in [3.8, 4) is 16.9 Å². The van der Waals surface area contributed by atoms with Crippen LogP contribution < -0.4 is 0 Å². The topological polar surface area (TPSA) is 80.0 Å². The lowest BCUT2D eigenvalue weighted by Gasteiger charge is -2.24. The third kappa shape index (κ3) is 4.39. The van der Waals surface area contributed by atoms with Crippen LogP contribution in [0.1, 0.15) is 26.6 Å². The summed E-state index contributed by atoms with van der Waals surface area (Å²) in [7, 11) is 1.67. The third-order valence-corrected chi connectivity index (χ3v) is 4.12. The lowest BCUT2D eigenvalue weighted by Crippen LogP contribution is -2.35. The zero-order chi connectivity index (χ0) is 20.5. The lowest BCUT2D eigenvalue weighted by atomic mass is 10.1. The van der Waals surface area contributed by atoms with E-state index in [4.69, 9.17) is 4.74 Å². The van der Waals surface area contributed by atoms with Gasteiger partial charge in [0.2, 0.25) is 0 Å². The van der Waals surface area contributed by atoms with E-state index in [0.29, 0.717) is 35.6 Å². The number of carbonyl (C=O) groups excluding carboxylic acids is 1. The number of hydrogen-bond acceptors (Lipinski definition) is 5. The largest absolute Gasteiger partial charge is 0.507 e. The van der Waals surface area contributed by atoms with Gasteiger partial charge in [0.05, 0.1) is 0 Å². The number of phenols is 1. The lowest BCUT2D eigenvalue weighted by molar-refractivity contribution is 0.0300. The van der Waals surface area contributed by atoms with E-state index in [9.17, 15) is 14.3 Å². The van der Waals surface area contributed by atoms with Crippen LogP contribution in [0, 0.1) is 5.82 Å². The molecule has 0 spiro atoms. The highest BCUT2D eigenvalue weighted by Gasteiger charge is 2.20. The normalized spacial score (nSPS) is 11.6. The summed E-state index contributed by atoms with van der Waals surface area (Å²) >= 11 is 0. The Morgan fingerprint density at radius 3 is 2.68 bits per heavy atom. The molecule has 7 nitrogen and oxygen atoms in total. The number of pyridine rings is 1. The van der Waals surface area contributed by atoms with Crippen molar-refractivity contribution in [1.29, 1.82) is 0 Å². The molecule has 0 radical (unpaired) electrons. The molecule has 0 unspecified atom stereocenters. The van der Waals surface area contributed by atoms with Gasteiger partial charge in [0, 0.05) is 43.4 Å². The van der Waals surface area contributed by atoms with Gasteiger partial charge in [-0.1, -0.05) is 0 Å². The first-order chi connectivity index (χ1) is 13.1. The molecule has 0 saturated carbocycles. The molecule has 0 aliphatic heterocycles. The molecule has 2 aromatic heterocycles. The quantitative estimate of drug-likeness (QED) is 0.740. The van der Waals surface area contributed by atoms with E-state index in [1.54, 1.807) is 29.8 Å². The molecule has 0 aliphatic rings. The molecule has 3 rings (SSSR count). The number of fused-ring (bicyclic) bond motifs is 1. The number of carbonyl (C=O) groups is 1. The molecule has 1 amide bonds. The second-order valence-electron chi connectivity index (χ2n) is 7.58. The fraction of sp³-hybridized carbons (Fsp3) is 0.350. The van der Waals surface area contributed by atoms with E-state index < -0.39 is 17.5 Å². The van der Waals surface area contributed by atoms with E-state index in [1.165, 1.54) is 17.0 Å². The number of phenolic OH excluding ortho intramolecular Hbond substituents is 1. The summed E-state index contributed by atoms with van der Waals surface area (Å²) in [4.78, 5) is 13.6. The van der Waals surface area contributed by atoms with Crippen LogP contribution in [0.5, 0.6) is 5.75 Å². The Bertz CT molecular complexity index is 1010. The SMILES string of the molecule is CN(CCc1nnc2ccc(-c3ccc(F)cc3O)cn12)C(=O)OC(C)(C)C. The van der Waals surface area contributed by atoms with Crippen molar-refractivity contribution in [3.63, 3.8) is 0 Å². The molecule has 3 aromatic rings. The monoisotopic (exact) mass is 386 g/mol. The van der Waals surface area contributed by atoms with Gasteiger partial charge >= 0.3 is 6.09 Å². The van der Waals surface area contributed by atoms with Gasteiger partial charge in [-0.15, -0.1) is 10.2 Å². The van der Waals surface area contributed by atoms with E-state index in [1.807, 2.05) is 20.8 Å². The fourth-order valence-electron chi connectivity index (χ4n) is 2.72. The molecule has 0 fully saturated rings. The molecule has 148 valence electrons. The molecule has 0 bridgehead atoms. The predicted octanol–water partition coefficient (Wildman–Crippen LogP) is 3.65. The van der Waals surface area contributed by atoms with Crippen molar-refractivity contribution >= 4 is 11.7 Å². The molecule has 8 heteroatoms. The number of halogens is 1. The Kier molecular flexibility index (Phi) is 5.22. The summed E-state index contributed by atoms with van der Waals surface area (Å²) in [5.41, 5.74) is 1.29. The first kappa shape index (κ1) is 19.6. The maximum atomic E-state index is 13.2. The Morgan fingerprint density at radius 2 is 2.00 bits per heavy atom. The average Bonchev–Trinajstić information content (AvgIpc) is 3.00. The van der Waals surface area contributed by atoms with Crippen LogP contribution in [-0.2, 0) is 11.2 Å². The molecule has 1 aromatic carbocycles. The number of ether oxygens (including phenoxy) is 1. The van der Waals surface area contributed by atoms with Crippen LogP contribution in [0.15, 0.2) is 36.5 Å². The molecule has 0 aliphatic carbocycles. The number of rotatable bonds is 4. The Hall–Kier alpha value is -3.16. The summed E-state index contributed by atoms with van der Waals surface area (Å²) in [6, 6.07) is 7.44. The first-order valence-electron chi connectivity index (χ1n) is 8.91. The Labute approximate surface area is 162 Å². The smallest absolute Gasteiger partial charge is 0.410 e. The van der Waals surface area contributed by atoms with Gasteiger partial charge in [-0.05, 0) is 45.0 Å². The molecule has 0 saturated heterocycles. The van der Waals surface area contributed by atoms with Gasteiger partial charge in [-0.3, -0.25) is 4.40 Å². The van der Waals surface area contributed by atoms with Gasteiger partial charge in [-0.2, -0.15) is 0 Å². The van der Waals surface area contributed by atoms with E-state index in [2.05, 4.69) is 10.2 Å². The molecule has 1 N–H and O–H groups in total. The van der Waals surface area contributed by atoms with Crippen LogP contribution in [-0.4, -0.2) is 49.9 Å². The van der Waals surface area contributed by atoms with Crippen molar-refractivity contribution in [2.24, 2.45) is 0 Å². The zero-order valence-electron chi connectivity index (χ0n) is 16.3. The number of benzene rings is 1. The number of amides is 1. The van der Waals surface area contributed by atoms with Crippen molar-refractivity contribution in [3.05, 3.63) is 48.2 Å². The maximum absolute atomic E-state index is 13.2. The Morgan fingerprint density at radius 1 is 1.25 bits per heavy atom. The van der Waals surface area contributed by atoms with Crippen LogP contribution in [0.4, 0.5) is 9.18 Å². The highest BCUT2D eigenvalue weighted by Crippen LogP contribution is 2.29. The average molecular weight is 386 g/mol. The molecule has 2 heterocycles. The van der Waals surface area contributed by atoms with Gasteiger partial charge in [0.15, 0.2) is 5.65 Å². The van der Waals surface area contributed by atoms with Crippen molar-refractivity contribution in [2.45, 2.75) is 32.8 Å². The predicted molar refractivity (Wildman–Crippen MR) is 103 cm³/mol. The zero-order valence-corrected chi connectivity index (χ0v) is 16.3. The molecular formula is C20H23FN4O3. The molecule has 0 atom stereocenters. The van der Waals surface area contributed by atoms with Crippen LogP contribution in [0.3, 0.4) is 0 Å². The summed E-state index contributed by atoms with van der Waals surface area (Å²) in [5.74, 6) is 0.0185. The van der Waals surface area contributed by atoms with Gasteiger partial charge in [-0.25, -0.2) is 9.18 Å². The van der Waals surface area contributed by atoms with Crippen molar-refractivity contribution < 1.29 is 19.0 Å². The van der Waals surface area contributed by atoms with Crippen LogP contribution in [0.2, 0.25) is 0 Å². The minimum absolute atomic E-state index is 0.140. The van der Waals surface area contributed by atoms with Crippen molar-refractivity contribution in [2.75, 3.05) is 13.6 Å². The number of likely N-dealkylation sites (N-methyl/N-ethyl adjacent to an activating group) is 1. The number of aromatic hydroxyl groups is 1. The first-order valence-corrected chi connectivity index (χ1v) is 8.91. The highest BCUT2D eigenvalue weighted by molar-refractivity contribution is 5.70. The van der Waals surface area contributed by atoms with Gasteiger partial charge < -0.3 is 14.7 Å². The van der Waals surface area contributed by atoms with E-state index >= 15 is 0 Å². The number of nitrogens with zero attached hydrogens (tertiary/aromatic N) is 4. The van der Waals surface area contributed by atoms with E-state index in [-0.39, 0.29) is 5.75 Å². The third-order valence-electron chi connectivity index (χ3n) is 4.12. The molecular weight excluding hydrogens is 363 g/mol. The second-order valence-corrected chi connectivity index (χ2v) is 7.58. The minimum atomic E-state index is -0.557. The number of aromatic nitrogens is 3. The summed E-state index contributed by atoms with van der Waals surface area (Å²) < 4.78 is 20.4.